The Hall–Kier alpha value is -2.20. The normalized spacial score (nSPS) is 10.1. The molecule has 3 N–H and O–H groups in total. The van der Waals surface area contributed by atoms with Gasteiger partial charge < -0.3 is 11.1 Å². The van der Waals surface area contributed by atoms with Gasteiger partial charge in [0.15, 0.2) is 0 Å². The summed E-state index contributed by atoms with van der Waals surface area (Å²) in [6.07, 6.45) is 0.327. The van der Waals surface area contributed by atoms with E-state index in [4.69, 9.17) is 18.0 Å². The largest absolute Gasteiger partial charge is 0.389 e. The number of carbonyl (C=O) groups is 1. The van der Waals surface area contributed by atoms with Crippen LogP contribution in [0.25, 0.3) is 0 Å². The van der Waals surface area contributed by atoms with Crippen molar-refractivity contribution >= 4 is 28.8 Å². The summed E-state index contributed by atoms with van der Waals surface area (Å²) in [5.41, 5.74) is 9.09. The summed E-state index contributed by atoms with van der Waals surface area (Å²) in [6.45, 7) is 2.00. The van der Waals surface area contributed by atoms with Crippen LogP contribution in [0.2, 0.25) is 0 Å². The Balaban J connectivity index is 2.11. The van der Waals surface area contributed by atoms with Gasteiger partial charge in [-0.05, 0) is 24.6 Å². The molecule has 2 aromatic rings. The molecule has 2 aromatic carbocycles. The van der Waals surface area contributed by atoms with E-state index < -0.39 is 0 Å². The highest BCUT2D eigenvalue weighted by Gasteiger charge is 2.08. The summed E-state index contributed by atoms with van der Waals surface area (Å²) in [5.74, 6) is -0.0840. The van der Waals surface area contributed by atoms with Crippen LogP contribution in [0.1, 0.15) is 16.7 Å². The summed E-state index contributed by atoms with van der Waals surface area (Å²) in [5, 5.41) is 2.85. The number of carbonyl (C=O) groups excluding carboxylic acids is 1. The topological polar surface area (TPSA) is 55.1 Å². The first kappa shape index (κ1) is 14.2. The summed E-state index contributed by atoms with van der Waals surface area (Å²) >= 11 is 4.98. The molecule has 0 spiro atoms. The van der Waals surface area contributed by atoms with Crippen molar-refractivity contribution < 1.29 is 4.79 Å². The van der Waals surface area contributed by atoms with E-state index in [9.17, 15) is 4.79 Å². The number of nitrogens with one attached hydrogen (secondary N) is 1. The van der Waals surface area contributed by atoms with Gasteiger partial charge in [0.2, 0.25) is 5.91 Å². The molecule has 0 aliphatic carbocycles. The second-order valence-electron chi connectivity index (χ2n) is 4.62. The number of benzene rings is 2. The third-order valence-electron chi connectivity index (χ3n) is 2.91. The fraction of sp³-hybridized carbons (Fsp3) is 0.125. The Morgan fingerprint density at radius 1 is 1.20 bits per heavy atom. The van der Waals surface area contributed by atoms with Crippen molar-refractivity contribution in [2.75, 3.05) is 5.32 Å². The molecule has 0 saturated heterocycles. The van der Waals surface area contributed by atoms with Gasteiger partial charge in [0.05, 0.1) is 12.1 Å². The van der Waals surface area contributed by atoms with Crippen LogP contribution in [0.4, 0.5) is 5.69 Å². The molecule has 2 rings (SSSR count). The summed E-state index contributed by atoms with van der Waals surface area (Å²) in [4.78, 5) is 12.3. The molecule has 0 aromatic heterocycles. The van der Waals surface area contributed by atoms with Crippen molar-refractivity contribution in [1.82, 2.24) is 0 Å². The van der Waals surface area contributed by atoms with Gasteiger partial charge in [-0.15, -0.1) is 0 Å². The quantitative estimate of drug-likeness (QED) is 0.849. The lowest BCUT2D eigenvalue weighted by Crippen LogP contribution is -2.18. The van der Waals surface area contributed by atoms with Crippen LogP contribution in [-0.4, -0.2) is 10.9 Å². The van der Waals surface area contributed by atoms with Gasteiger partial charge >= 0.3 is 0 Å². The van der Waals surface area contributed by atoms with Gasteiger partial charge in [0.1, 0.15) is 4.99 Å². The Kier molecular flexibility index (Phi) is 4.48. The standard InChI is InChI=1S/C16H16N2OS/c1-11-5-4-6-12(9-11)10-15(19)18-14-8-3-2-7-13(14)16(17)20/h2-9H,10H2,1H3,(H2,17,20)(H,18,19). The monoisotopic (exact) mass is 284 g/mol. The number of thiocarbonyl (C=S) groups is 1. The molecule has 4 heteroatoms. The summed E-state index contributed by atoms with van der Waals surface area (Å²) in [6, 6.07) is 15.2. The van der Waals surface area contributed by atoms with Gasteiger partial charge in [-0.1, -0.05) is 54.2 Å². The van der Waals surface area contributed by atoms with Crippen LogP contribution < -0.4 is 11.1 Å². The Morgan fingerprint density at radius 2 is 1.95 bits per heavy atom. The molecule has 0 unspecified atom stereocenters. The number of hydrogen-bond donors (Lipinski definition) is 2. The zero-order valence-corrected chi connectivity index (χ0v) is 12.0. The predicted octanol–water partition coefficient (Wildman–Crippen LogP) is 2.81. The van der Waals surface area contributed by atoms with E-state index in [-0.39, 0.29) is 10.9 Å². The molecule has 0 radical (unpaired) electrons. The van der Waals surface area contributed by atoms with E-state index in [1.807, 2.05) is 43.3 Å². The average Bonchev–Trinajstić information content (AvgIpc) is 2.38. The third kappa shape index (κ3) is 3.65. The molecule has 3 nitrogen and oxygen atoms in total. The molecule has 102 valence electrons. The fourth-order valence-corrected chi connectivity index (χ4v) is 2.19. The maximum absolute atomic E-state index is 12.1. The van der Waals surface area contributed by atoms with Gasteiger partial charge in [0.25, 0.3) is 0 Å². The van der Waals surface area contributed by atoms with Crippen LogP contribution in [-0.2, 0) is 11.2 Å². The van der Waals surface area contributed by atoms with Crippen molar-refractivity contribution in [1.29, 1.82) is 0 Å². The predicted molar refractivity (Wildman–Crippen MR) is 85.8 cm³/mol. The molecule has 0 bridgehead atoms. The van der Waals surface area contributed by atoms with Gasteiger partial charge in [-0.3, -0.25) is 4.79 Å². The van der Waals surface area contributed by atoms with Gasteiger partial charge in [0, 0.05) is 5.56 Å². The smallest absolute Gasteiger partial charge is 0.228 e. The first-order valence-corrected chi connectivity index (χ1v) is 6.71. The van der Waals surface area contributed by atoms with Crippen molar-refractivity contribution in [2.24, 2.45) is 5.73 Å². The summed E-state index contributed by atoms with van der Waals surface area (Å²) in [7, 11) is 0. The lowest BCUT2D eigenvalue weighted by molar-refractivity contribution is -0.115. The first-order chi connectivity index (χ1) is 9.56. The molecule has 0 atom stereocenters. The van der Waals surface area contributed by atoms with E-state index in [1.54, 1.807) is 12.1 Å². The lowest BCUT2D eigenvalue weighted by atomic mass is 10.1. The van der Waals surface area contributed by atoms with E-state index in [0.29, 0.717) is 17.7 Å². The summed E-state index contributed by atoms with van der Waals surface area (Å²) < 4.78 is 0. The van der Waals surface area contributed by atoms with E-state index in [2.05, 4.69) is 5.32 Å². The van der Waals surface area contributed by atoms with Crippen LogP contribution in [0.3, 0.4) is 0 Å². The SMILES string of the molecule is Cc1cccc(CC(=O)Nc2ccccc2C(N)=S)c1. The van der Waals surface area contributed by atoms with Crippen LogP contribution in [0.15, 0.2) is 48.5 Å². The molecular weight excluding hydrogens is 268 g/mol. The Morgan fingerprint density at radius 3 is 2.65 bits per heavy atom. The zero-order chi connectivity index (χ0) is 14.5. The molecule has 0 aliphatic rings. The van der Waals surface area contributed by atoms with Crippen LogP contribution >= 0.6 is 12.2 Å². The van der Waals surface area contributed by atoms with Gasteiger partial charge in [-0.25, -0.2) is 0 Å². The second-order valence-corrected chi connectivity index (χ2v) is 5.06. The van der Waals surface area contributed by atoms with Crippen LogP contribution in [0.5, 0.6) is 0 Å². The molecule has 20 heavy (non-hydrogen) atoms. The third-order valence-corrected chi connectivity index (χ3v) is 3.13. The minimum Gasteiger partial charge on any atom is -0.389 e. The number of hydrogen-bond acceptors (Lipinski definition) is 2. The van der Waals surface area contributed by atoms with Crippen LogP contribution in [0, 0.1) is 6.92 Å². The second kappa shape index (κ2) is 6.30. The van der Waals surface area contributed by atoms with Gasteiger partial charge in [-0.2, -0.15) is 0 Å². The highest BCUT2D eigenvalue weighted by atomic mass is 32.1. The molecule has 1 amide bonds. The van der Waals surface area contributed by atoms with E-state index >= 15 is 0 Å². The molecule has 0 fully saturated rings. The fourth-order valence-electron chi connectivity index (χ4n) is 2.01. The Labute approximate surface area is 123 Å². The average molecular weight is 284 g/mol. The number of nitrogens with two attached hydrogens (primary N) is 1. The van der Waals surface area contributed by atoms with Crippen molar-refractivity contribution in [3.63, 3.8) is 0 Å². The molecule has 0 saturated carbocycles. The van der Waals surface area contributed by atoms with Crippen molar-refractivity contribution in [2.45, 2.75) is 13.3 Å². The molecule has 0 aliphatic heterocycles. The maximum Gasteiger partial charge on any atom is 0.228 e. The first-order valence-electron chi connectivity index (χ1n) is 6.30. The number of para-hydroxylation sites is 1. The highest BCUT2D eigenvalue weighted by Crippen LogP contribution is 2.15. The number of amides is 1. The number of rotatable bonds is 4. The zero-order valence-electron chi connectivity index (χ0n) is 11.2. The van der Waals surface area contributed by atoms with E-state index in [1.165, 1.54) is 0 Å². The molecule has 0 heterocycles. The minimum atomic E-state index is -0.0840. The van der Waals surface area contributed by atoms with Crippen molar-refractivity contribution in [3.05, 3.63) is 65.2 Å². The maximum atomic E-state index is 12.1. The Bertz CT molecular complexity index is 652. The number of anilines is 1. The molecular formula is C16H16N2OS. The van der Waals surface area contributed by atoms with E-state index in [0.717, 1.165) is 11.1 Å². The lowest BCUT2D eigenvalue weighted by Gasteiger charge is -2.10. The highest BCUT2D eigenvalue weighted by molar-refractivity contribution is 7.80. The number of aryl methyl sites for hydroxylation is 1. The minimum absolute atomic E-state index is 0.0840. The van der Waals surface area contributed by atoms with Crippen molar-refractivity contribution in [3.8, 4) is 0 Å².